The normalized spacial score (nSPS) is 13.2. The summed E-state index contributed by atoms with van der Waals surface area (Å²) in [4.78, 5) is 39.6. The monoisotopic (exact) mass is 494 g/mol. The molecule has 1 aromatic carbocycles. The first-order valence-corrected chi connectivity index (χ1v) is 13.1. The Kier molecular flexibility index (Phi) is 8.09. The number of thiophene rings is 1. The highest BCUT2D eigenvalue weighted by Gasteiger charge is 2.32. The van der Waals surface area contributed by atoms with Crippen LogP contribution in [0, 0.1) is 0 Å². The van der Waals surface area contributed by atoms with E-state index in [-0.39, 0.29) is 36.1 Å². The standard InChI is InChI=1S/C22H26N2O7S2/c1-3-30-21(26)19-16-10-11-24(22(27)31-4-2)12-17(16)32-20(19)23-18(25)14-33(28,29)13-15-8-6-5-7-9-15/h5-9H,3-4,10-14H2,1-2H3,(H,23,25). The molecule has 0 saturated heterocycles. The number of fused-ring (bicyclic) bond motifs is 1. The third kappa shape index (κ3) is 6.32. The highest BCUT2D eigenvalue weighted by molar-refractivity contribution is 7.91. The van der Waals surface area contributed by atoms with Crippen LogP contribution in [0.15, 0.2) is 30.3 Å². The van der Waals surface area contributed by atoms with Crippen LogP contribution in [0.4, 0.5) is 9.80 Å². The largest absolute Gasteiger partial charge is 0.462 e. The fourth-order valence-electron chi connectivity index (χ4n) is 3.52. The van der Waals surface area contributed by atoms with Gasteiger partial charge >= 0.3 is 12.1 Å². The fourth-order valence-corrected chi connectivity index (χ4v) is 6.06. The Morgan fingerprint density at radius 3 is 2.45 bits per heavy atom. The third-order valence-electron chi connectivity index (χ3n) is 4.90. The van der Waals surface area contributed by atoms with Crippen LogP contribution in [0.2, 0.25) is 0 Å². The smallest absolute Gasteiger partial charge is 0.410 e. The van der Waals surface area contributed by atoms with E-state index in [0.717, 1.165) is 16.2 Å². The zero-order chi connectivity index (χ0) is 24.0. The summed E-state index contributed by atoms with van der Waals surface area (Å²) in [5.41, 5.74) is 1.50. The molecule has 33 heavy (non-hydrogen) atoms. The van der Waals surface area contributed by atoms with Gasteiger partial charge in [0, 0.05) is 11.4 Å². The number of nitrogens with zero attached hydrogens (tertiary/aromatic N) is 1. The SMILES string of the molecule is CCOC(=O)c1c(NC(=O)CS(=O)(=O)Cc2ccccc2)sc2c1CCN(C(=O)OCC)C2. The minimum atomic E-state index is -3.72. The summed E-state index contributed by atoms with van der Waals surface area (Å²) in [5.74, 6) is -2.32. The summed E-state index contributed by atoms with van der Waals surface area (Å²) < 4.78 is 35.2. The quantitative estimate of drug-likeness (QED) is 0.560. The summed E-state index contributed by atoms with van der Waals surface area (Å²) in [5, 5.41) is 2.81. The van der Waals surface area contributed by atoms with Crippen molar-refractivity contribution >= 4 is 44.1 Å². The van der Waals surface area contributed by atoms with Crippen LogP contribution < -0.4 is 5.32 Å². The van der Waals surface area contributed by atoms with Gasteiger partial charge < -0.3 is 19.7 Å². The first kappa shape index (κ1) is 24.7. The number of rotatable bonds is 8. The van der Waals surface area contributed by atoms with Crippen LogP contribution in [0.3, 0.4) is 0 Å². The molecule has 1 aliphatic rings. The maximum atomic E-state index is 12.6. The Balaban J connectivity index is 1.79. The van der Waals surface area contributed by atoms with Crippen LogP contribution in [-0.2, 0) is 42.8 Å². The van der Waals surface area contributed by atoms with Crippen LogP contribution in [-0.4, -0.2) is 56.8 Å². The molecule has 2 heterocycles. The Bertz CT molecular complexity index is 1130. The van der Waals surface area contributed by atoms with E-state index in [1.165, 1.54) is 4.90 Å². The van der Waals surface area contributed by atoms with Crippen LogP contribution in [0.5, 0.6) is 0 Å². The van der Waals surface area contributed by atoms with Gasteiger partial charge in [0.25, 0.3) is 0 Å². The maximum Gasteiger partial charge on any atom is 0.410 e. The molecule has 0 saturated carbocycles. The van der Waals surface area contributed by atoms with Crippen molar-refractivity contribution in [1.29, 1.82) is 0 Å². The molecule has 11 heteroatoms. The molecular formula is C22H26N2O7S2. The van der Waals surface area contributed by atoms with Crippen LogP contribution >= 0.6 is 11.3 Å². The molecule has 2 aromatic rings. The van der Waals surface area contributed by atoms with E-state index in [4.69, 9.17) is 9.47 Å². The van der Waals surface area contributed by atoms with Gasteiger partial charge in [0.1, 0.15) is 10.8 Å². The summed E-state index contributed by atoms with van der Waals surface area (Å²) in [6.07, 6.45) is -0.0622. The molecule has 0 spiro atoms. The fraction of sp³-hybridized carbons (Fsp3) is 0.409. The number of ether oxygens (including phenoxy) is 2. The van der Waals surface area contributed by atoms with Gasteiger partial charge in [-0.05, 0) is 31.4 Å². The van der Waals surface area contributed by atoms with Crippen molar-refractivity contribution < 1.29 is 32.3 Å². The predicted octanol–water partition coefficient (Wildman–Crippen LogP) is 2.99. The third-order valence-corrected chi connectivity index (χ3v) is 7.50. The zero-order valence-corrected chi connectivity index (χ0v) is 20.1. The predicted molar refractivity (Wildman–Crippen MR) is 124 cm³/mol. The first-order valence-electron chi connectivity index (χ1n) is 10.5. The lowest BCUT2D eigenvalue weighted by atomic mass is 10.0. The molecule has 178 valence electrons. The number of hydrogen-bond donors (Lipinski definition) is 1. The van der Waals surface area contributed by atoms with Gasteiger partial charge in [0.05, 0.1) is 31.1 Å². The van der Waals surface area contributed by atoms with Crippen molar-refractivity contribution in [3.63, 3.8) is 0 Å². The molecule has 0 unspecified atom stereocenters. The van der Waals surface area contributed by atoms with Crippen molar-refractivity contribution in [3.05, 3.63) is 51.9 Å². The summed E-state index contributed by atoms with van der Waals surface area (Å²) >= 11 is 1.14. The number of hydrogen-bond acceptors (Lipinski definition) is 8. The molecule has 3 rings (SSSR count). The van der Waals surface area contributed by atoms with Gasteiger partial charge in [-0.25, -0.2) is 18.0 Å². The topological polar surface area (TPSA) is 119 Å². The minimum absolute atomic E-state index is 0.150. The summed E-state index contributed by atoms with van der Waals surface area (Å²) in [6.45, 7) is 4.38. The van der Waals surface area contributed by atoms with E-state index in [2.05, 4.69) is 5.32 Å². The van der Waals surface area contributed by atoms with Gasteiger partial charge in [-0.1, -0.05) is 30.3 Å². The second-order valence-electron chi connectivity index (χ2n) is 7.36. The van der Waals surface area contributed by atoms with Gasteiger partial charge in [0.2, 0.25) is 5.91 Å². The number of benzene rings is 1. The van der Waals surface area contributed by atoms with Crippen molar-refractivity contribution in [1.82, 2.24) is 4.90 Å². The number of esters is 1. The number of amides is 2. The molecule has 1 aromatic heterocycles. The van der Waals surface area contributed by atoms with Gasteiger partial charge in [0.15, 0.2) is 9.84 Å². The van der Waals surface area contributed by atoms with Crippen LogP contribution in [0.1, 0.15) is 40.2 Å². The zero-order valence-electron chi connectivity index (χ0n) is 18.5. The first-order chi connectivity index (χ1) is 15.7. The highest BCUT2D eigenvalue weighted by atomic mass is 32.2. The van der Waals surface area contributed by atoms with Crippen LogP contribution in [0.25, 0.3) is 0 Å². The molecule has 1 aliphatic heterocycles. The van der Waals surface area contributed by atoms with E-state index in [1.54, 1.807) is 44.2 Å². The molecule has 2 amide bonds. The number of carbonyl (C=O) groups excluding carboxylic acids is 3. The second kappa shape index (κ2) is 10.8. The lowest BCUT2D eigenvalue weighted by Gasteiger charge is -2.26. The number of anilines is 1. The van der Waals surface area contributed by atoms with Crippen molar-refractivity contribution in [2.75, 3.05) is 30.8 Å². The van der Waals surface area contributed by atoms with Gasteiger partial charge in [-0.15, -0.1) is 11.3 Å². The molecular weight excluding hydrogens is 468 g/mol. The van der Waals surface area contributed by atoms with E-state index < -0.39 is 33.6 Å². The molecule has 0 fully saturated rings. The maximum absolute atomic E-state index is 12.6. The molecule has 0 aliphatic carbocycles. The number of sulfone groups is 1. The Morgan fingerprint density at radius 2 is 1.79 bits per heavy atom. The Hall–Kier alpha value is -2.92. The summed E-state index contributed by atoms with van der Waals surface area (Å²) in [7, 11) is -3.72. The van der Waals surface area contributed by atoms with Gasteiger partial charge in [-0.3, -0.25) is 4.79 Å². The average Bonchev–Trinajstić information content (AvgIpc) is 3.10. The Morgan fingerprint density at radius 1 is 1.09 bits per heavy atom. The van der Waals surface area contributed by atoms with E-state index in [9.17, 15) is 22.8 Å². The second-order valence-corrected chi connectivity index (χ2v) is 10.5. The Labute approximate surface area is 196 Å². The molecule has 0 atom stereocenters. The highest BCUT2D eigenvalue weighted by Crippen LogP contribution is 2.38. The van der Waals surface area contributed by atoms with Gasteiger partial charge in [-0.2, -0.15) is 0 Å². The minimum Gasteiger partial charge on any atom is -0.462 e. The molecule has 9 nitrogen and oxygen atoms in total. The lowest BCUT2D eigenvalue weighted by Crippen LogP contribution is -2.36. The number of nitrogens with one attached hydrogen (secondary N) is 1. The summed E-state index contributed by atoms with van der Waals surface area (Å²) in [6, 6.07) is 8.59. The van der Waals surface area contributed by atoms with Crippen molar-refractivity contribution in [2.45, 2.75) is 32.6 Å². The van der Waals surface area contributed by atoms with Crippen molar-refractivity contribution in [3.8, 4) is 0 Å². The molecule has 1 N–H and O–H groups in total. The van der Waals surface area contributed by atoms with E-state index in [0.29, 0.717) is 24.1 Å². The van der Waals surface area contributed by atoms with Crippen molar-refractivity contribution in [2.24, 2.45) is 0 Å². The average molecular weight is 495 g/mol. The molecule has 0 radical (unpaired) electrons. The number of carbonyl (C=O) groups is 3. The van der Waals surface area contributed by atoms with E-state index >= 15 is 0 Å². The molecule has 0 bridgehead atoms. The van der Waals surface area contributed by atoms with E-state index in [1.807, 2.05) is 0 Å². The lowest BCUT2D eigenvalue weighted by molar-refractivity contribution is -0.113.